The van der Waals surface area contributed by atoms with Gasteiger partial charge in [-0.05, 0) is 68.6 Å². The normalized spacial score (nSPS) is 11.5. The highest BCUT2D eigenvalue weighted by molar-refractivity contribution is 6.24. The summed E-state index contributed by atoms with van der Waals surface area (Å²) >= 11 is 0. The van der Waals surface area contributed by atoms with Gasteiger partial charge in [-0.25, -0.2) is 4.98 Å². The molecule has 4 nitrogen and oxygen atoms in total. The Morgan fingerprint density at radius 2 is 1.04 bits per heavy atom. The lowest BCUT2D eigenvalue weighted by Crippen LogP contribution is -1.95. The quantitative estimate of drug-likeness (QED) is 0.152. The first-order chi connectivity index (χ1) is 22.8. The van der Waals surface area contributed by atoms with Gasteiger partial charge in [0.1, 0.15) is 0 Å². The largest absolute Gasteiger partial charge is 0.255 e. The molecular formula is C42H26N4. The van der Waals surface area contributed by atoms with Gasteiger partial charge in [-0.1, -0.05) is 109 Å². The molecule has 0 unspecified atom stereocenters. The molecule has 4 heterocycles. The molecule has 46 heavy (non-hydrogen) atoms. The lowest BCUT2D eigenvalue weighted by atomic mass is 9.85. The summed E-state index contributed by atoms with van der Waals surface area (Å²) < 4.78 is 0. The molecule has 4 aromatic heterocycles. The van der Waals surface area contributed by atoms with Crippen molar-refractivity contribution in [1.29, 1.82) is 0 Å². The van der Waals surface area contributed by atoms with Gasteiger partial charge in [-0.15, -0.1) is 0 Å². The summed E-state index contributed by atoms with van der Waals surface area (Å²) in [6, 6.07) is 48.7. The number of fused-ring (bicyclic) bond motifs is 5. The highest BCUT2D eigenvalue weighted by Gasteiger charge is 2.20. The Hall–Kier alpha value is -6.26. The first-order valence-electron chi connectivity index (χ1n) is 15.4. The summed E-state index contributed by atoms with van der Waals surface area (Å²) in [6.45, 7) is 0. The molecule has 9 aromatic rings. The SMILES string of the molecule is c1ccc(-c2cc(-c3c4ccccc4c(-c4ccc(-c5ccccn5)nc4)c4ccccc34)c3ccc4cccnc4c3n2)cc1. The highest BCUT2D eigenvalue weighted by Crippen LogP contribution is 2.46. The fourth-order valence-corrected chi connectivity index (χ4v) is 6.73. The van der Waals surface area contributed by atoms with E-state index in [1.165, 1.54) is 32.7 Å². The van der Waals surface area contributed by atoms with Crippen LogP contribution >= 0.6 is 0 Å². The third-order valence-corrected chi connectivity index (χ3v) is 8.80. The van der Waals surface area contributed by atoms with Gasteiger partial charge in [0.05, 0.1) is 28.1 Å². The number of nitrogens with zero attached hydrogens (tertiary/aromatic N) is 4. The van der Waals surface area contributed by atoms with Crippen molar-refractivity contribution in [2.75, 3.05) is 0 Å². The molecule has 0 saturated carbocycles. The van der Waals surface area contributed by atoms with E-state index < -0.39 is 0 Å². The van der Waals surface area contributed by atoms with E-state index in [9.17, 15) is 0 Å². The zero-order chi connectivity index (χ0) is 30.5. The minimum atomic E-state index is 0.854. The lowest BCUT2D eigenvalue weighted by Gasteiger charge is -2.19. The molecule has 0 saturated heterocycles. The molecule has 0 aliphatic rings. The van der Waals surface area contributed by atoms with Gasteiger partial charge in [0.25, 0.3) is 0 Å². The van der Waals surface area contributed by atoms with Crippen LogP contribution in [0.4, 0.5) is 0 Å². The fourth-order valence-electron chi connectivity index (χ4n) is 6.73. The smallest absolute Gasteiger partial charge is 0.0978 e. The van der Waals surface area contributed by atoms with Crippen molar-refractivity contribution in [2.45, 2.75) is 0 Å². The van der Waals surface area contributed by atoms with Crippen LogP contribution in [0.2, 0.25) is 0 Å². The molecule has 0 atom stereocenters. The second-order valence-corrected chi connectivity index (χ2v) is 11.4. The van der Waals surface area contributed by atoms with E-state index in [0.717, 1.165) is 55.6 Å². The first-order valence-corrected chi connectivity index (χ1v) is 15.4. The zero-order valence-electron chi connectivity index (χ0n) is 24.8. The van der Waals surface area contributed by atoms with E-state index in [0.29, 0.717) is 0 Å². The fraction of sp³-hybridized carbons (Fsp3) is 0. The van der Waals surface area contributed by atoms with Crippen molar-refractivity contribution in [3.05, 3.63) is 158 Å². The van der Waals surface area contributed by atoms with Crippen LogP contribution in [-0.4, -0.2) is 19.9 Å². The van der Waals surface area contributed by atoms with E-state index >= 15 is 0 Å². The van der Waals surface area contributed by atoms with Crippen molar-refractivity contribution in [3.8, 4) is 44.9 Å². The van der Waals surface area contributed by atoms with Crippen molar-refractivity contribution in [1.82, 2.24) is 19.9 Å². The lowest BCUT2D eigenvalue weighted by molar-refractivity contribution is 1.25. The Morgan fingerprint density at radius 3 is 1.74 bits per heavy atom. The molecule has 4 heteroatoms. The van der Waals surface area contributed by atoms with Gasteiger partial charge in [-0.3, -0.25) is 15.0 Å². The summed E-state index contributed by atoms with van der Waals surface area (Å²) in [6.07, 6.45) is 5.63. The average molecular weight is 587 g/mol. The van der Waals surface area contributed by atoms with Crippen LogP contribution in [0, 0.1) is 0 Å². The van der Waals surface area contributed by atoms with Crippen molar-refractivity contribution in [2.24, 2.45) is 0 Å². The second-order valence-electron chi connectivity index (χ2n) is 11.4. The van der Waals surface area contributed by atoms with E-state index in [1.54, 1.807) is 6.20 Å². The molecule has 0 aliphatic heterocycles. The molecule has 0 amide bonds. The maximum atomic E-state index is 5.24. The molecule has 0 radical (unpaired) electrons. The van der Waals surface area contributed by atoms with E-state index in [1.807, 2.05) is 42.7 Å². The monoisotopic (exact) mass is 586 g/mol. The van der Waals surface area contributed by atoms with Crippen LogP contribution in [0.5, 0.6) is 0 Å². The number of hydrogen-bond donors (Lipinski definition) is 0. The van der Waals surface area contributed by atoms with Gasteiger partial charge >= 0.3 is 0 Å². The van der Waals surface area contributed by atoms with Gasteiger partial charge in [0, 0.05) is 40.5 Å². The van der Waals surface area contributed by atoms with E-state index in [2.05, 4.69) is 114 Å². The molecule has 0 bridgehead atoms. The van der Waals surface area contributed by atoms with Gasteiger partial charge in [0.2, 0.25) is 0 Å². The van der Waals surface area contributed by atoms with Gasteiger partial charge < -0.3 is 0 Å². The minimum Gasteiger partial charge on any atom is -0.255 e. The Morgan fingerprint density at radius 1 is 0.370 bits per heavy atom. The standard InChI is InChI=1S/C42H26N4/c1-2-11-27(12-3-1)38-25-35(34-21-19-28-13-10-24-44-41(28)42(34)46-38)40-32-16-6-4-14-30(32)39(31-15-5-7-17-33(31)40)29-20-22-37(45-26-29)36-18-8-9-23-43-36/h1-26H. The second kappa shape index (κ2) is 10.7. The molecule has 0 aliphatic carbocycles. The van der Waals surface area contributed by atoms with Crippen LogP contribution in [0.3, 0.4) is 0 Å². The first kappa shape index (κ1) is 26.2. The highest BCUT2D eigenvalue weighted by atomic mass is 14.8. The van der Waals surface area contributed by atoms with Crippen molar-refractivity contribution < 1.29 is 0 Å². The predicted molar refractivity (Wildman–Crippen MR) is 189 cm³/mol. The molecule has 0 spiro atoms. The third kappa shape index (κ3) is 4.23. The summed E-state index contributed by atoms with van der Waals surface area (Å²) in [7, 11) is 0. The maximum absolute atomic E-state index is 5.24. The van der Waals surface area contributed by atoms with Crippen LogP contribution in [0.1, 0.15) is 0 Å². The summed E-state index contributed by atoms with van der Waals surface area (Å²) in [5.74, 6) is 0. The van der Waals surface area contributed by atoms with Crippen LogP contribution in [-0.2, 0) is 0 Å². The molecule has 9 rings (SSSR count). The Bertz CT molecular complexity index is 2500. The average Bonchev–Trinajstić information content (AvgIpc) is 3.14. The van der Waals surface area contributed by atoms with Crippen molar-refractivity contribution in [3.63, 3.8) is 0 Å². The zero-order valence-corrected chi connectivity index (χ0v) is 24.8. The summed E-state index contributed by atoms with van der Waals surface area (Å²) in [5, 5.41) is 6.86. The van der Waals surface area contributed by atoms with Crippen LogP contribution < -0.4 is 0 Å². The summed E-state index contributed by atoms with van der Waals surface area (Å²) in [4.78, 5) is 19.4. The molecule has 214 valence electrons. The van der Waals surface area contributed by atoms with E-state index in [-0.39, 0.29) is 0 Å². The molecule has 5 aromatic carbocycles. The molecular weight excluding hydrogens is 560 g/mol. The minimum absolute atomic E-state index is 0.854. The van der Waals surface area contributed by atoms with E-state index in [4.69, 9.17) is 15.0 Å². The Balaban J connectivity index is 1.37. The third-order valence-electron chi connectivity index (χ3n) is 8.80. The van der Waals surface area contributed by atoms with Crippen LogP contribution in [0.15, 0.2) is 158 Å². The Labute approximate surface area is 265 Å². The Kier molecular flexibility index (Phi) is 6.10. The number of aromatic nitrogens is 4. The number of pyridine rings is 4. The van der Waals surface area contributed by atoms with Crippen molar-refractivity contribution >= 4 is 43.4 Å². The number of rotatable bonds is 4. The predicted octanol–water partition coefficient (Wildman–Crippen LogP) is 10.5. The van der Waals surface area contributed by atoms with Gasteiger partial charge in [0.15, 0.2) is 0 Å². The number of hydrogen-bond acceptors (Lipinski definition) is 4. The molecule has 0 fully saturated rings. The van der Waals surface area contributed by atoms with Crippen LogP contribution in [0.25, 0.3) is 88.2 Å². The maximum Gasteiger partial charge on any atom is 0.0978 e. The number of benzene rings is 5. The topological polar surface area (TPSA) is 51.6 Å². The molecule has 0 N–H and O–H groups in total. The van der Waals surface area contributed by atoms with Gasteiger partial charge in [-0.2, -0.15) is 0 Å². The summed E-state index contributed by atoms with van der Waals surface area (Å²) in [5.41, 5.74) is 10.1.